The Morgan fingerprint density at radius 2 is 2.05 bits per heavy atom. The molecule has 0 aliphatic carbocycles. The van der Waals surface area contributed by atoms with E-state index < -0.39 is 0 Å². The number of aromatic nitrogens is 1. The lowest BCUT2D eigenvalue weighted by Crippen LogP contribution is -2.06. The Morgan fingerprint density at radius 3 is 2.86 bits per heavy atom. The highest BCUT2D eigenvalue weighted by atomic mass is 16.5. The molecule has 1 aromatic carbocycles. The second-order valence-corrected chi connectivity index (χ2v) is 5.30. The van der Waals surface area contributed by atoms with E-state index in [1.165, 1.54) is 0 Å². The van der Waals surface area contributed by atoms with Crippen LogP contribution >= 0.6 is 0 Å². The minimum Gasteiger partial charge on any atom is -0.422 e. The number of rotatable bonds is 5. The molecular weight excluding hydrogens is 278 g/mol. The minimum absolute atomic E-state index is 0.292. The summed E-state index contributed by atoms with van der Waals surface area (Å²) < 4.78 is 10.8. The van der Waals surface area contributed by atoms with Gasteiger partial charge in [-0.25, -0.2) is 4.79 Å². The monoisotopic (exact) mass is 297 g/mol. The van der Waals surface area contributed by atoms with Crippen LogP contribution in [0.4, 0.5) is 0 Å². The molecule has 0 bridgehead atoms. The Morgan fingerprint density at radius 1 is 1.23 bits per heavy atom. The minimum atomic E-state index is -0.292. The summed E-state index contributed by atoms with van der Waals surface area (Å²) in [5.41, 5.74) is 2.16. The van der Waals surface area contributed by atoms with Crippen molar-refractivity contribution in [2.24, 2.45) is 0 Å². The van der Waals surface area contributed by atoms with Crippen LogP contribution in [-0.4, -0.2) is 18.2 Å². The number of hydrogen-bond donors (Lipinski definition) is 0. The fourth-order valence-electron chi connectivity index (χ4n) is 2.78. The molecule has 0 saturated heterocycles. The van der Waals surface area contributed by atoms with Crippen molar-refractivity contribution in [1.29, 1.82) is 0 Å². The Hall–Kier alpha value is -2.20. The largest absolute Gasteiger partial charge is 0.422 e. The maximum Gasteiger partial charge on any atom is 0.344 e. The lowest BCUT2D eigenvalue weighted by Gasteiger charge is -2.09. The van der Waals surface area contributed by atoms with Gasteiger partial charge in [0.25, 0.3) is 0 Å². The molecule has 0 radical (unpaired) electrons. The van der Waals surface area contributed by atoms with Gasteiger partial charge in [-0.05, 0) is 38.3 Å². The molecule has 114 valence electrons. The average molecular weight is 297 g/mol. The van der Waals surface area contributed by atoms with Gasteiger partial charge in [-0.2, -0.15) is 0 Å². The lowest BCUT2D eigenvalue weighted by molar-refractivity contribution is 0.145. The molecule has 2 aromatic heterocycles. The number of para-hydroxylation sites is 1. The van der Waals surface area contributed by atoms with E-state index >= 15 is 0 Å². The van der Waals surface area contributed by atoms with Crippen LogP contribution in [0.3, 0.4) is 0 Å². The summed E-state index contributed by atoms with van der Waals surface area (Å²) in [7, 11) is 0. The molecule has 0 atom stereocenters. The van der Waals surface area contributed by atoms with Crippen molar-refractivity contribution in [3.05, 3.63) is 52.1 Å². The highest BCUT2D eigenvalue weighted by Crippen LogP contribution is 2.25. The van der Waals surface area contributed by atoms with Crippen LogP contribution < -0.4 is 5.63 Å². The number of ether oxygens (including phenoxy) is 1. The van der Waals surface area contributed by atoms with Gasteiger partial charge in [0.15, 0.2) is 0 Å². The first-order valence-corrected chi connectivity index (χ1v) is 7.60. The van der Waals surface area contributed by atoms with E-state index in [1.807, 2.05) is 38.1 Å². The zero-order valence-corrected chi connectivity index (χ0v) is 12.9. The second-order valence-electron chi connectivity index (χ2n) is 5.30. The summed E-state index contributed by atoms with van der Waals surface area (Å²) in [6.45, 7) is 5.36. The van der Waals surface area contributed by atoms with E-state index in [9.17, 15) is 4.79 Å². The van der Waals surface area contributed by atoms with E-state index in [2.05, 4.69) is 4.98 Å². The quantitative estimate of drug-likeness (QED) is 0.410. The molecule has 0 N–H and O–H groups in total. The van der Waals surface area contributed by atoms with Crippen molar-refractivity contribution in [3.63, 3.8) is 0 Å². The molecule has 3 aromatic rings. The zero-order chi connectivity index (χ0) is 15.5. The molecular formula is C18H19NO3. The van der Waals surface area contributed by atoms with Crippen LogP contribution in [0.25, 0.3) is 21.7 Å². The maximum absolute atomic E-state index is 12.3. The third-order valence-corrected chi connectivity index (χ3v) is 3.92. The fourth-order valence-corrected chi connectivity index (χ4v) is 2.78. The summed E-state index contributed by atoms with van der Waals surface area (Å²) in [6.07, 6.45) is 3.48. The van der Waals surface area contributed by atoms with Crippen molar-refractivity contribution in [2.75, 3.05) is 13.2 Å². The van der Waals surface area contributed by atoms with Gasteiger partial charge in [0.1, 0.15) is 5.58 Å². The van der Waals surface area contributed by atoms with Crippen molar-refractivity contribution in [1.82, 2.24) is 4.98 Å². The van der Waals surface area contributed by atoms with Crippen LogP contribution in [0, 0.1) is 6.92 Å². The van der Waals surface area contributed by atoms with Gasteiger partial charge in [-0.3, -0.25) is 4.98 Å². The number of nitrogens with zero attached hydrogens (tertiary/aromatic N) is 1. The zero-order valence-electron chi connectivity index (χ0n) is 12.9. The third-order valence-electron chi connectivity index (χ3n) is 3.92. The average Bonchev–Trinajstić information content (AvgIpc) is 2.53. The Balaban J connectivity index is 2.09. The third kappa shape index (κ3) is 2.62. The summed E-state index contributed by atoms with van der Waals surface area (Å²) >= 11 is 0. The van der Waals surface area contributed by atoms with Crippen LogP contribution in [0.15, 0.2) is 39.7 Å². The maximum atomic E-state index is 12.3. The molecule has 0 saturated carbocycles. The van der Waals surface area contributed by atoms with Gasteiger partial charge in [0, 0.05) is 35.9 Å². The molecule has 0 fully saturated rings. The number of hydrogen-bond acceptors (Lipinski definition) is 4. The van der Waals surface area contributed by atoms with Gasteiger partial charge in [-0.1, -0.05) is 18.2 Å². The van der Waals surface area contributed by atoms with Crippen molar-refractivity contribution in [2.45, 2.75) is 26.7 Å². The Bertz CT molecular complexity index is 867. The fraction of sp³-hybridized carbons (Fsp3) is 0.333. The summed E-state index contributed by atoms with van der Waals surface area (Å²) in [4.78, 5) is 16.9. The van der Waals surface area contributed by atoms with Gasteiger partial charge < -0.3 is 9.15 Å². The molecule has 3 rings (SSSR count). The summed E-state index contributed by atoms with van der Waals surface area (Å²) in [5.74, 6) is 0. The van der Waals surface area contributed by atoms with E-state index in [-0.39, 0.29) is 5.63 Å². The van der Waals surface area contributed by atoms with Crippen molar-refractivity contribution < 1.29 is 9.15 Å². The Labute approximate surface area is 128 Å². The highest BCUT2D eigenvalue weighted by molar-refractivity contribution is 6.04. The number of fused-ring (bicyclic) bond motifs is 3. The molecule has 0 unspecified atom stereocenters. The van der Waals surface area contributed by atoms with Crippen LogP contribution in [0.5, 0.6) is 0 Å². The highest BCUT2D eigenvalue weighted by Gasteiger charge is 2.13. The smallest absolute Gasteiger partial charge is 0.344 e. The number of pyridine rings is 1. The molecule has 0 aliphatic rings. The van der Waals surface area contributed by atoms with Crippen LogP contribution in [0.2, 0.25) is 0 Å². The number of aryl methyl sites for hydroxylation is 2. The molecule has 0 amide bonds. The van der Waals surface area contributed by atoms with Gasteiger partial charge in [0.05, 0.1) is 5.39 Å². The first-order chi connectivity index (χ1) is 10.7. The SMILES string of the molecule is CCOCCCc1ncc2c(c1C)c(=O)oc1ccccc12. The first kappa shape index (κ1) is 14.7. The molecule has 2 heterocycles. The predicted octanol–water partition coefficient (Wildman–Crippen LogP) is 3.62. The van der Waals surface area contributed by atoms with Crippen LogP contribution in [-0.2, 0) is 11.2 Å². The van der Waals surface area contributed by atoms with Gasteiger partial charge >= 0.3 is 5.63 Å². The summed E-state index contributed by atoms with van der Waals surface area (Å²) in [6, 6.07) is 7.56. The molecule has 22 heavy (non-hydrogen) atoms. The van der Waals surface area contributed by atoms with Gasteiger partial charge in [0.2, 0.25) is 0 Å². The Kier molecular flexibility index (Phi) is 4.20. The van der Waals surface area contributed by atoms with Gasteiger partial charge in [-0.15, -0.1) is 0 Å². The normalized spacial score (nSPS) is 11.4. The second kappa shape index (κ2) is 6.28. The van der Waals surface area contributed by atoms with Crippen molar-refractivity contribution >= 4 is 21.7 Å². The molecule has 4 nitrogen and oxygen atoms in total. The topological polar surface area (TPSA) is 52.3 Å². The van der Waals surface area contributed by atoms with E-state index in [1.54, 1.807) is 6.20 Å². The van der Waals surface area contributed by atoms with E-state index in [0.29, 0.717) is 17.6 Å². The van der Waals surface area contributed by atoms with Crippen LogP contribution in [0.1, 0.15) is 24.6 Å². The van der Waals surface area contributed by atoms with E-state index in [0.717, 1.165) is 41.5 Å². The summed E-state index contributed by atoms with van der Waals surface area (Å²) in [5, 5.41) is 2.42. The lowest BCUT2D eigenvalue weighted by atomic mass is 10.0. The van der Waals surface area contributed by atoms with Crippen molar-refractivity contribution in [3.8, 4) is 0 Å². The predicted molar refractivity (Wildman–Crippen MR) is 87.3 cm³/mol. The molecule has 4 heteroatoms. The standard InChI is InChI=1S/C18H19NO3/c1-3-21-10-6-8-15-12(2)17-14(11-19-15)13-7-4-5-9-16(13)22-18(17)20/h4-5,7,9,11H,3,6,8,10H2,1-2H3. The molecule has 0 spiro atoms. The van der Waals surface area contributed by atoms with E-state index in [4.69, 9.17) is 9.15 Å². The first-order valence-electron chi connectivity index (χ1n) is 7.60. The number of benzene rings is 1. The molecule has 0 aliphatic heterocycles.